The summed E-state index contributed by atoms with van der Waals surface area (Å²) in [6, 6.07) is 66.8. The number of hydrogen-bond acceptors (Lipinski definition) is 5. The first-order valence-corrected chi connectivity index (χ1v) is 23.8. The fraction of sp³-hybridized carbons (Fsp3) is 0.0469. The normalized spacial score (nSPS) is 17.5. The van der Waals surface area contributed by atoms with E-state index in [9.17, 15) is 0 Å². The van der Waals surface area contributed by atoms with Crippen LogP contribution >= 0.6 is 0 Å². The van der Waals surface area contributed by atoms with Crippen molar-refractivity contribution in [3.05, 3.63) is 283 Å². The van der Waals surface area contributed by atoms with Crippen molar-refractivity contribution in [1.82, 2.24) is 9.99 Å². The van der Waals surface area contributed by atoms with Gasteiger partial charge in [-0.2, -0.15) is 5.10 Å². The molecule has 0 spiro atoms. The van der Waals surface area contributed by atoms with Crippen LogP contribution in [-0.4, -0.2) is 17.8 Å². The Morgan fingerprint density at radius 3 is 1.97 bits per heavy atom. The van der Waals surface area contributed by atoms with E-state index < -0.39 is 0 Å². The van der Waals surface area contributed by atoms with Gasteiger partial charge in [-0.15, -0.1) is 0 Å². The highest BCUT2D eigenvalue weighted by Gasteiger charge is 2.33. The summed E-state index contributed by atoms with van der Waals surface area (Å²) in [7, 11) is 2.15. The predicted molar refractivity (Wildman–Crippen MR) is 296 cm³/mol. The van der Waals surface area contributed by atoms with E-state index >= 15 is 0 Å². The fourth-order valence-electron chi connectivity index (χ4n) is 10.2. The fourth-order valence-corrected chi connectivity index (χ4v) is 10.2. The molecule has 11 rings (SSSR count). The van der Waals surface area contributed by atoms with E-state index in [1.165, 1.54) is 16.5 Å². The summed E-state index contributed by atoms with van der Waals surface area (Å²) in [5, 5.41) is 6.24. The Labute approximate surface area is 410 Å². The molecule has 0 unspecified atom stereocenters. The van der Waals surface area contributed by atoms with Gasteiger partial charge >= 0.3 is 0 Å². The van der Waals surface area contributed by atoms with Crippen LogP contribution in [0.2, 0.25) is 0 Å². The maximum absolute atomic E-state index is 5.04. The summed E-state index contributed by atoms with van der Waals surface area (Å²) in [5.41, 5.74) is 22.7. The van der Waals surface area contributed by atoms with Crippen LogP contribution in [0.3, 0.4) is 0 Å². The molecule has 0 saturated carbocycles. The zero-order chi connectivity index (χ0) is 47.4. The molecular weight excluding hydrogens is 853 g/mol. The van der Waals surface area contributed by atoms with Crippen molar-refractivity contribution in [2.75, 3.05) is 21.7 Å². The van der Waals surface area contributed by atoms with Crippen molar-refractivity contribution in [3.63, 3.8) is 0 Å². The minimum absolute atomic E-state index is 0.705. The third kappa shape index (κ3) is 7.71. The monoisotopic (exact) mass is 904 g/mol. The highest BCUT2D eigenvalue weighted by molar-refractivity contribution is 6.13. The van der Waals surface area contributed by atoms with Crippen LogP contribution in [0.25, 0.3) is 50.2 Å². The number of benzene rings is 7. The lowest BCUT2D eigenvalue weighted by Gasteiger charge is -2.30. The summed E-state index contributed by atoms with van der Waals surface area (Å²) in [5.74, 6) is 0. The van der Waals surface area contributed by atoms with Gasteiger partial charge in [0.2, 0.25) is 0 Å². The number of aromatic nitrogens is 1. The number of rotatable bonds is 8. The van der Waals surface area contributed by atoms with Crippen molar-refractivity contribution in [2.45, 2.75) is 13.3 Å². The van der Waals surface area contributed by atoms with Crippen LogP contribution in [0.4, 0.5) is 22.7 Å². The Balaban J connectivity index is 1.06. The minimum atomic E-state index is 0.705. The van der Waals surface area contributed by atoms with Crippen molar-refractivity contribution >= 4 is 51.1 Å². The Kier molecular flexibility index (Phi) is 11.9. The number of fused-ring (bicyclic) bond motifs is 8. The van der Waals surface area contributed by atoms with Gasteiger partial charge < -0.3 is 19.3 Å². The number of hydrazone groups is 1. The third-order valence-electron chi connectivity index (χ3n) is 13.2. The summed E-state index contributed by atoms with van der Waals surface area (Å²) in [6.45, 7) is 6.56. The second kappa shape index (κ2) is 19.2. The topological polar surface area (TPSA) is 39.0 Å². The molecule has 0 atom stereocenters. The summed E-state index contributed by atoms with van der Waals surface area (Å²) >= 11 is 0. The van der Waals surface area contributed by atoms with Crippen LogP contribution in [-0.2, 0) is 0 Å². The number of nitrogens with zero attached hydrogens (tertiary/aromatic N) is 5. The Bertz CT molecular complexity index is 3530. The molecule has 0 radical (unpaired) electrons. The van der Waals surface area contributed by atoms with Gasteiger partial charge in [0.15, 0.2) is 0 Å². The van der Waals surface area contributed by atoms with Gasteiger partial charge in [-0.3, -0.25) is 5.43 Å². The molecule has 70 heavy (non-hydrogen) atoms. The van der Waals surface area contributed by atoms with Gasteiger partial charge in [-0.25, -0.2) is 0 Å². The molecule has 338 valence electrons. The van der Waals surface area contributed by atoms with E-state index in [1.807, 2.05) is 18.5 Å². The van der Waals surface area contributed by atoms with Crippen molar-refractivity contribution in [1.29, 1.82) is 0 Å². The van der Waals surface area contributed by atoms with Crippen molar-refractivity contribution in [3.8, 4) is 28.1 Å². The number of nitrogens with one attached hydrogen (secondary N) is 1. The highest BCUT2D eigenvalue weighted by Crippen LogP contribution is 2.53. The Morgan fingerprint density at radius 2 is 1.24 bits per heavy atom. The third-order valence-corrected chi connectivity index (χ3v) is 13.2. The molecule has 1 N–H and O–H groups in total. The largest absolute Gasteiger partial charge is 0.344 e. The molecule has 7 aromatic carbocycles. The van der Waals surface area contributed by atoms with Crippen molar-refractivity contribution in [2.24, 2.45) is 5.10 Å². The standard InChI is InChI=1S/C64H52N6/c1-4-27-56-51(5-2)61(46-28-11-8-12-29-46)63(67(3)47-30-15-9-16-31-47)54-38-21-25-42-59(54)68(56)49-34-13-6-7-14-35-50(45-66-65-44-49)69-57-40-23-19-36-52(57)62-53-37-20-24-41-58(53)70(48-32-17-10-18-33-48)64(62)55-39-22-26-43-60(55)69/h4-6,8-45,66H,2,7H2,1,3H3/b13-6+,27-4-,35-14-,49-34+,50-45+,65-44-. The lowest BCUT2D eigenvalue weighted by Crippen LogP contribution is -2.24. The van der Waals surface area contributed by atoms with E-state index in [0.717, 1.165) is 90.3 Å². The number of hydrogen-bond donors (Lipinski definition) is 1. The quantitative estimate of drug-likeness (QED) is 0.165. The summed E-state index contributed by atoms with van der Waals surface area (Å²) in [6.07, 6.45) is 21.8. The minimum Gasteiger partial charge on any atom is -0.344 e. The van der Waals surface area contributed by atoms with Gasteiger partial charge in [-0.1, -0.05) is 176 Å². The van der Waals surface area contributed by atoms with Gasteiger partial charge in [0.05, 0.1) is 57.3 Å². The average Bonchev–Trinajstić information content (AvgIpc) is 3.63. The second-order valence-electron chi connectivity index (χ2n) is 17.2. The molecule has 1 aromatic heterocycles. The molecule has 4 heterocycles. The molecule has 6 heteroatoms. The Morgan fingerprint density at radius 1 is 0.629 bits per heavy atom. The predicted octanol–water partition coefficient (Wildman–Crippen LogP) is 15.8. The van der Waals surface area contributed by atoms with Crippen LogP contribution < -0.4 is 20.1 Å². The molecule has 0 aliphatic carbocycles. The summed E-state index contributed by atoms with van der Waals surface area (Å²) < 4.78 is 2.42. The molecule has 0 fully saturated rings. The zero-order valence-electron chi connectivity index (χ0n) is 39.3. The molecular formula is C64H52N6. The molecule has 8 aromatic rings. The lowest BCUT2D eigenvalue weighted by molar-refractivity contribution is 0.951. The maximum Gasteiger partial charge on any atom is 0.0712 e. The molecule has 0 amide bonds. The number of para-hydroxylation sites is 6. The smallest absolute Gasteiger partial charge is 0.0712 e. The molecule has 3 aliphatic rings. The number of allylic oxidation sites excluding steroid dienone is 11. The van der Waals surface area contributed by atoms with Gasteiger partial charge in [-0.05, 0) is 85.7 Å². The molecule has 3 aliphatic heterocycles. The first kappa shape index (κ1) is 43.4. The highest BCUT2D eigenvalue weighted by atomic mass is 15.3. The Hall–Kier alpha value is -9.13. The lowest BCUT2D eigenvalue weighted by atomic mass is 9.91. The second-order valence-corrected chi connectivity index (χ2v) is 17.2. The van der Waals surface area contributed by atoms with E-state index in [-0.39, 0.29) is 0 Å². The number of anilines is 4. The average molecular weight is 905 g/mol. The molecule has 6 nitrogen and oxygen atoms in total. The van der Waals surface area contributed by atoms with Crippen LogP contribution in [0.1, 0.15) is 24.5 Å². The van der Waals surface area contributed by atoms with E-state index in [2.05, 4.69) is 276 Å². The SMILES string of the molecule is C=CC1=C(/C=C\C)N(C2=C/C=C/C/C=C\C(N3c4ccccc4-c4c(n(-c5ccccc5)c5ccccc45)-c4ccccc43)=C/N/N=C\2)c2ccccc2C(N(C)c2ccccc2)=C1c1ccccc1. The van der Waals surface area contributed by atoms with E-state index in [0.29, 0.717) is 6.42 Å². The van der Waals surface area contributed by atoms with Gasteiger partial charge in [0.25, 0.3) is 0 Å². The maximum atomic E-state index is 5.04. The first-order chi connectivity index (χ1) is 34.7. The van der Waals surface area contributed by atoms with E-state index in [4.69, 9.17) is 5.10 Å². The molecule has 0 bridgehead atoms. The van der Waals surface area contributed by atoms with Crippen LogP contribution in [0.5, 0.6) is 0 Å². The first-order valence-electron chi connectivity index (χ1n) is 23.8. The van der Waals surface area contributed by atoms with Gasteiger partial charge in [0.1, 0.15) is 0 Å². The van der Waals surface area contributed by atoms with Crippen molar-refractivity contribution < 1.29 is 0 Å². The van der Waals surface area contributed by atoms with Gasteiger partial charge in [0, 0.05) is 63.4 Å². The zero-order valence-corrected chi connectivity index (χ0v) is 39.3. The van der Waals surface area contributed by atoms with Crippen LogP contribution in [0, 0.1) is 0 Å². The molecule has 0 saturated heterocycles. The summed E-state index contributed by atoms with van der Waals surface area (Å²) in [4.78, 5) is 6.98. The van der Waals surface area contributed by atoms with E-state index in [1.54, 1.807) is 0 Å². The van der Waals surface area contributed by atoms with Crippen LogP contribution in [0.15, 0.2) is 277 Å².